The molecule has 0 aliphatic carbocycles. The number of fused-ring (bicyclic) bond motifs is 1. The zero-order valence-corrected chi connectivity index (χ0v) is 13.4. The zero-order chi connectivity index (χ0) is 16.8. The van der Waals surface area contributed by atoms with Crippen molar-refractivity contribution in [2.75, 3.05) is 25.4 Å². The van der Waals surface area contributed by atoms with Crippen LogP contribution in [0.4, 0.5) is 13.2 Å². The molecule has 2 heterocycles. The Morgan fingerprint density at radius 2 is 2.05 bits per heavy atom. The number of nitrogens with zero attached hydrogens (tertiary/aromatic N) is 1. The van der Waals surface area contributed by atoms with Gasteiger partial charge in [0, 0.05) is 19.1 Å². The van der Waals surface area contributed by atoms with E-state index in [1.165, 1.54) is 4.90 Å². The highest BCUT2D eigenvalue weighted by atomic mass is 32.2. The first kappa shape index (κ1) is 17.5. The molecule has 128 valence electrons. The molecular weight excluding hydrogens is 321 g/mol. The van der Waals surface area contributed by atoms with Gasteiger partial charge >= 0.3 is 6.18 Å². The van der Waals surface area contributed by atoms with Crippen LogP contribution >= 0.6 is 0 Å². The van der Waals surface area contributed by atoms with Gasteiger partial charge in [-0.1, -0.05) is 0 Å². The van der Waals surface area contributed by atoms with Crippen LogP contribution in [-0.4, -0.2) is 62.1 Å². The van der Waals surface area contributed by atoms with Crippen molar-refractivity contribution in [3.8, 4) is 0 Å². The lowest BCUT2D eigenvalue weighted by molar-refractivity contribution is -0.221. The number of sulfone groups is 1. The fourth-order valence-corrected chi connectivity index (χ4v) is 5.79. The second-order valence-electron chi connectivity index (χ2n) is 6.50. The van der Waals surface area contributed by atoms with Gasteiger partial charge in [-0.25, -0.2) is 8.42 Å². The summed E-state index contributed by atoms with van der Waals surface area (Å²) < 4.78 is 64.9. The Morgan fingerprint density at radius 3 is 2.55 bits per heavy atom. The van der Waals surface area contributed by atoms with Crippen LogP contribution in [0, 0.1) is 5.41 Å². The van der Waals surface area contributed by atoms with Gasteiger partial charge in [-0.15, -0.1) is 0 Å². The Balaban J connectivity index is 2.23. The van der Waals surface area contributed by atoms with Gasteiger partial charge in [0.25, 0.3) is 0 Å². The highest BCUT2D eigenvalue weighted by molar-refractivity contribution is 7.92. The first-order valence-electron chi connectivity index (χ1n) is 7.28. The molecule has 2 fully saturated rings. The van der Waals surface area contributed by atoms with E-state index in [0.29, 0.717) is 0 Å². The number of hydrogen-bond acceptors (Lipinski definition) is 4. The number of rotatable bonds is 3. The van der Waals surface area contributed by atoms with Crippen molar-refractivity contribution in [3.05, 3.63) is 0 Å². The minimum Gasteiger partial charge on any atom is -0.353 e. The molecule has 2 atom stereocenters. The molecule has 1 N–H and O–H groups in total. The maximum Gasteiger partial charge on any atom is 0.397 e. The Morgan fingerprint density at radius 1 is 1.41 bits per heavy atom. The zero-order valence-electron chi connectivity index (χ0n) is 12.6. The highest BCUT2D eigenvalue weighted by Crippen LogP contribution is 2.53. The molecule has 1 amide bonds. The molecule has 2 aliphatic rings. The minimum atomic E-state index is -4.59. The second kappa shape index (κ2) is 5.67. The van der Waals surface area contributed by atoms with Crippen molar-refractivity contribution in [2.24, 2.45) is 5.41 Å². The van der Waals surface area contributed by atoms with E-state index in [4.69, 9.17) is 0 Å². The lowest BCUT2D eigenvalue weighted by atomic mass is 9.81. The number of amides is 1. The van der Waals surface area contributed by atoms with Gasteiger partial charge in [0.1, 0.15) is 0 Å². The van der Waals surface area contributed by atoms with Crippen molar-refractivity contribution in [2.45, 2.75) is 44.2 Å². The van der Waals surface area contributed by atoms with Crippen LogP contribution < -0.4 is 5.32 Å². The molecular formula is C13H21F3N2O3S. The lowest BCUT2D eigenvalue weighted by Gasteiger charge is -2.39. The summed E-state index contributed by atoms with van der Waals surface area (Å²) >= 11 is 0. The first-order valence-corrected chi connectivity index (χ1v) is 8.99. The summed E-state index contributed by atoms with van der Waals surface area (Å²) in [4.78, 5) is 13.1. The average Bonchev–Trinajstić information content (AvgIpc) is 2.67. The van der Waals surface area contributed by atoms with E-state index in [9.17, 15) is 26.4 Å². The molecule has 0 radical (unpaired) electrons. The number of alkyl halides is 3. The van der Waals surface area contributed by atoms with E-state index in [-0.39, 0.29) is 43.6 Å². The third-order valence-corrected chi connectivity index (χ3v) is 6.74. The average molecular weight is 342 g/mol. The molecule has 0 bridgehead atoms. The summed E-state index contributed by atoms with van der Waals surface area (Å²) in [6.07, 6.45) is -4.76. The smallest absolute Gasteiger partial charge is 0.353 e. The molecule has 0 unspecified atom stereocenters. The Hall–Kier alpha value is -0.830. The molecule has 2 rings (SSSR count). The van der Waals surface area contributed by atoms with E-state index in [2.05, 4.69) is 5.32 Å². The minimum absolute atomic E-state index is 0.0182. The summed E-state index contributed by atoms with van der Waals surface area (Å²) in [7, 11) is -3.79. The summed E-state index contributed by atoms with van der Waals surface area (Å²) in [6, 6.07) is -0.113. The van der Waals surface area contributed by atoms with Gasteiger partial charge in [0.15, 0.2) is 9.84 Å². The largest absolute Gasteiger partial charge is 0.397 e. The van der Waals surface area contributed by atoms with Crippen molar-refractivity contribution >= 4 is 15.7 Å². The Bertz CT molecular complexity index is 547. The maximum absolute atomic E-state index is 13.6. The first-order chi connectivity index (χ1) is 9.98. The Kier molecular flexibility index (Phi) is 4.51. The molecule has 0 aromatic rings. The monoisotopic (exact) mass is 342 g/mol. The van der Waals surface area contributed by atoms with Gasteiger partial charge in [0.2, 0.25) is 5.91 Å². The van der Waals surface area contributed by atoms with Crippen LogP contribution in [0.2, 0.25) is 0 Å². The summed E-state index contributed by atoms with van der Waals surface area (Å²) in [5.41, 5.74) is -2.23. The molecule has 22 heavy (non-hydrogen) atoms. The van der Waals surface area contributed by atoms with Gasteiger partial charge in [-0.2, -0.15) is 13.2 Å². The third kappa shape index (κ3) is 3.10. The number of nitrogens with one attached hydrogen (secondary N) is 1. The van der Waals surface area contributed by atoms with Gasteiger partial charge in [-0.05, 0) is 26.7 Å². The van der Waals surface area contributed by atoms with E-state index in [1.807, 2.05) is 0 Å². The van der Waals surface area contributed by atoms with Crippen LogP contribution in [0.25, 0.3) is 0 Å². The number of carbonyl (C=O) groups is 1. The van der Waals surface area contributed by atoms with Crippen molar-refractivity contribution in [1.29, 1.82) is 0 Å². The second-order valence-corrected chi connectivity index (χ2v) is 8.81. The quantitative estimate of drug-likeness (QED) is 0.829. The van der Waals surface area contributed by atoms with E-state index < -0.39 is 33.2 Å². The highest BCUT2D eigenvalue weighted by Gasteiger charge is 2.67. The van der Waals surface area contributed by atoms with E-state index in [0.717, 1.165) is 0 Å². The number of hydrogen-bond donors (Lipinski definition) is 1. The number of carbonyl (C=O) groups excluding carboxylic acids is 1. The van der Waals surface area contributed by atoms with Gasteiger partial charge in [0.05, 0.1) is 23.0 Å². The summed E-state index contributed by atoms with van der Waals surface area (Å²) in [6.45, 7) is 2.65. The maximum atomic E-state index is 13.6. The molecule has 2 aliphatic heterocycles. The predicted octanol–water partition coefficient (Wildman–Crippen LogP) is 0.952. The lowest BCUT2D eigenvalue weighted by Crippen LogP contribution is -2.53. The van der Waals surface area contributed by atoms with Gasteiger partial charge in [-0.3, -0.25) is 9.69 Å². The normalized spacial score (nSPS) is 32.0. The van der Waals surface area contributed by atoms with Crippen molar-refractivity contribution < 1.29 is 26.4 Å². The third-order valence-electron chi connectivity index (χ3n) is 4.41. The molecule has 5 nitrogen and oxygen atoms in total. The number of halogens is 3. The van der Waals surface area contributed by atoms with E-state index in [1.54, 1.807) is 13.8 Å². The van der Waals surface area contributed by atoms with Crippen LogP contribution in [0.15, 0.2) is 0 Å². The predicted molar refractivity (Wildman–Crippen MR) is 75.0 cm³/mol. The topological polar surface area (TPSA) is 66.5 Å². The molecule has 0 aromatic carbocycles. The van der Waals surface area contributed by atoms with Crippen LogP contribution in [-0.2, 0) is 14.6 Å². The summed E-state index contributed by atoms with van der Waals surface area (Å²) in [5.74, 6) is -0.593. The fourth-order valence-electron chi connectivity index (χ4n) is 3.51. The SMILES string of the molecule is CC(C)NC(=O)CN1C[C@@H]2[C@@](C(F)(F)F)(CCCS2(=O)=O)C1. The molecule has 9 heteroatoms. The fraction of sp³-hybridized carbons (Fsp3) is 0.923. The Labute approximate surface area is 128 Å². The van der Waals surface area contributed by atoms with Crippen molar-refractivity contribution in [3.63, 3.8) is 0 Å². The van der Waals surface area contributed by atoms with E-state index >= 15 is 0 Å². The van der Waals surface area contributed by atoms with Gasteiger partial charge < -0.3 is 5.32 Å². The molecule has 2 saturated heterocycles. The summed E-state index contributed by atoms with van der Waals surface area (Å²) in [5, 5.41) is 1.15. The van der Waals surface area contributed by atoms with Crippen molar-refractivity contribution in [1.82, 2.24) is 10.2 Å². The van der Waals surface area contributed by atoms with Crippen LogP contribution in [0.3, 0.4) is 0 Å². The number of likely N-dealkylation sites (tertiary alicyclic amines) is 1. The van der Waals surface area contributed by atoms with Crippen LogP contribution in [0.5, 0.6) is 0 Å². The molecule has 0 aromatic heterocycles. The van der Waals surface area contributed by atoms with Crippen LogP contribution in [0.1, 0.15) is 26.7 Å². The standard InChI is InChI=1S/C13H21F3N2O3S/c1-9(2)17-11(19)7-18-6-10-12(8-18,13(14,15)16)4-3-5-22(10,20)21/h9-10H,3-8H2,1-2H3,(H,17,19)/t10-,12-/m1/s1. The molecule has 0 spiro atoms. The molecule has 0 saturated carbocycles.